The number of aromatic nitrogens is 1. The topological polar surface area (TPSA) is 72.1 Å². The zero-order chi connectivity index (χ0) is 21.8. The van der Waals surface area contributed by atoms with Gasteiger partial charge in [0, 0.05) is 22.3 Å². The van der Waals surface area contributed by atoms with Gasteiger partial charge in [0.25, 0.3) is 0 Å². The van der Waals surface area contributed by atoms with Gasteiger partial charge in [-0.3, -0.25) is 9.59 Å². The Labute approximate surface area is 180 Å². The maximum atomic E-state index is 13.4. The number of nitriles is 1. The van der Waals surface area contributed by atoms with Crippen LogP contribution in [0.5, 0.6) is 5.75 Å². The fourth-order valence-electron chi connectivity index (χ4n) is 3.72. The molecule has 4 aromatic rings. The highest BCUT2D eigenvalue weighted by atomic mass is 16.5. The number of nitrogens with zero attached hydrogens (tertiary/aromatic N) is 2. The molecule has 5 nitrogen and oxygen atoms in total. The maximum Gasteiger partial charge on any atom is 0.195 e. The number of fused-ring (bicyclic) bond motifs is 1. The molecule has 0 aliphatic carbocycles. The van der Waals surface area contributed by atoms with E-state index < -0.39 is 0 Å². The van der Waals surface area contributed by atoms with Crippen LogP contribution in [-0.2, 0) is 4.79 Å². The van der Waals surface area contributed by atoms with Crippen LogP contribution in [0.2, 0.25) is 0 Å². The summed E-state index contributed by atoms with van der Waals surface area (Å²) in [6.45, 7) is 1.75. The molecule has 0 N–H and O–H groups in total. The van der Waals surface area contributed by atoms with Crippen LogP contribution in [0.15, 0.2) is 78.9 Å². The highest BCUT2D eigenvalue weighted by Gasteiger charge is 2.22. The van der Waals surface area contributed by atoms with Crippen molar-refractivity contribution in [1.29, 1.82) is 5.26 Å². The van der Waals surface area contributed by atoms with Crippen LogP contribution in [-0.4, -0.2) is 22.7 Å². The van der Waals surface area contributed by atoms with Crippen molar-refractivity contribution in [3.05, 3.63) is 95.7 Å². The molecular formula is C26H20N2O3. The van der Waals surface area contributed by atoms with Gasteiger partial charge in [-0.25, -0.2) is 0 Å². The molecule has 0 spiro atoms. The fraction of sp³-hybridized carbons (Fsp3) is 0.115. The number of hydrogen-bond donors (Lipinski definition) is 0. The zero-order valence-corrected chi connectivity index (χ0v) is 17.0. The first kappa shape index (κ1) is 20.1. The number of Topliss-reactive ketones (excluding diaryl/α,β-unsaturated/α-hetero) is 1. The van der Waals surface area contributed by atoms with E-state index in [1.807, 2.05) is 67.6 Å². The van der Waals surface area contributed by atoms with Crippen LogP contribution in [0.3, 0.4) is 0 Å². The number of ketones is 2. The van der Waals surface area contributed by atoms with Crippen molar-refractivity contribution < 1.29 is 14.3 Å². The van der Waals surface area contributed by atoms with Crippen molar-refractivity contribution in [2.24, 2.45) is 0 Å². The van der Waals surface area contributed by atoms with E-state index in [0.717, 1.165) is 22.3 Å². The predicted molar refractivity (Wildman–Crippen MR) is 119 cm³/mol. The van der Waals surface area contributed by atoms with E-state index in [2.05, 4.69) is 4.57 Å². The van der Waals surface area contributed by atoms with Gasteiger partial charge in [-0.15, -0.1) is 0 Å². The molecule has 1 heterocycles. The lowest BCUT2D eigenvalue weighted by atomic mass is 10.0. The van der Waals surface area contributed by atoms with Crippen molar-refractivity contribution in [3.63, 3.8) is 0 Å². The summed E-state index contributed by atoms with van der Waals surface area (Å²) in [6, 6.07) is 26.3. The van der Waals surface area contributed by atoms with Crippen molar-refractivity contribution >= 4 is 22.5 Å². The van der Waals surface area contributed by atoms with Gasteiger partial charge >= 0.3 is 0 Å². The lowest BCUT2D eigenvalue weighted by Gasteiger charge is -2.09. The third-order valence-electron chi connectivity index (χ3n) is 5.13. The second kappa shape index (κ2) is 8.68. The summed E-state index contributed by atoms with van der Waals surface area (Å²) in [5.41, 5.74) is 3.86. The van der Waals surface area contributed by atoms with E-state index in [0.29, 0.717) is 16.9 Å². The molecule has 4 rings (SSSR count). The van der Waals surface area contributed by atoms with Gasteiger partial charge in [0.1, 0.15) is 12.4 Å². The zero-order valence-electron chi connectivity index (χ0n) is 17.0. The Kier molecular flexibility index (Phi) is 5.63. The van der Waals surface area contributed by atoms with Crippen molar-refractivity contribution in [2.45, 2.75) is 13.3 Å². The van der Waals surface area contributed by atoms with E-state index in [-0.39, 0.29) is 24.6 Å². The van der Waals surface area contributed by atoms with E-state index in [1.165, 1.54) is 0 Å². The number of hydrogen-bond acceptors (Lipinski definition) is 4. The Morgan fingerprint density at radius 2 is 1.65 bits per heavy atom. The number of para-hydroxylation sites is 1. The molecule has 152 valence electrons. The SMILES string of the molecule is Cc1c(C(=O)c2ccccc2)c2cc(OCC(=O)CC#N)ccc2n1-c1ccccc1. The Morgan fingerprint density at radius 1 is 0.968 bits per heavy atom. The lowest BCUT2D eigenvalue weighted by molar-refractivity contribution is -0.120. The minimum atomic E-state index is -0.291. The van der Waals surface area contributed by atoms with Crippen LogP contribution in [0.1, 0.15) is 28.0 Å². The van der Waals surface area contributed by atoms with Gasteiger partial charge in [0.2, 0.25) is 0 Å². The molecule has 0 aliphatic rings. The highest BCUT2D eigenvalue weighted by molar-refractivity contribution is 6.18. The summed E-state index contributed by atoms with van der Waals surface area (Å²) in [6.07, 6.45) is -0.191. The molecule has 31 heavy (non-hydrogen) atoms. The largest absolute Gasteiger partial charge is 0.486 e. The average molecular weight is 408 g/mol. The summed E-state index contributed by atoms with van der Waals surface area (Å²) >= 11 is 0. The second-order valence-electron chi connectivity index (χ2n) is 7.17. The summed E-state index contributed by atoms with van der Waals surface area (Å²) < 4.78 is 7.65. The van der Waals surface area contributed by atoms with E-state index in [9.17, 15) is 9.59 Å². The van der Waals surface area contributed by atoms with Gasteiger partial charge in [-0.05, 0) is 37.3 Å². The van der Waals surface area contributed by atoms with Crippen molar-refractivity contribution in [3.8, 4) is 17.5 Å². The van der Waals surface area contributed by atoms with Crippen LogP contribution >= 0.6 is 0 Å². The molecule has 0 bridgehead atoms. The predicted octanol–water partition coefficient (Wildman–Crippen LogP) is 5.03. The Balaban J connectivity index is 1.86. The highest BCUT2D eigenvalue weighted by Crippen LogP contribution is 2.33. The van der Waals surface area contributed by atoms with Crippen LogP contribution < -0.4 is 4.74 Å². The minimum Gasteiger partial charge on any atom is -0.486 e. The monoisotopic (exact) mass is 408 g/mol. The first-order valence-electron chi connectivity index (χ1n) is 9.92. The molecule has 0 saturated heterocycles. The van der Waals surface area contributed by atoms with Gasteiger partial charge < -0.3 is 9.30 Å². The van der Waals surface area contributed by atoms with E-state index in [4.69, 9.17) is 10.00 Å². The Hall–Kier alpha value is -4.17. The summed E-state index contributed by atoms with van der Waals surface area (Å²) in [5, 5.41) is 9.41. The fourth-order valence-corrected chi connectivity index (χ4v) is 3.72. The quantitative estimate of drug-likeness (QED) is 0.402. The first-order chi connectivity index (χ1) is 15.1. The number of ether oxygens (including phenoxy) is 1. The van der Waals surface area contributed by atoms with Crippen LogP contribution in [0, 0.1) is 18.3 Å². The third-order valence-corrected chi connectivity index (χ3v) is 5.13. The van der Waals surface area contributed by atoms with Crippen molar-refractivity contribution in [1.82, 2.24) is 4.57 Å². The van der Waals surface area contributed by atoms with Crippen molar-refractivity contribution in [2.75, 3.05) is 6.61 Å². The molecule has 0 amide bonds. The lowest BCUT2D eigenvalue weighted by Crippen LogP contribution is -2.10. The molecule has 0 fully saturated rings. The van der Waals surface area contributed by atoms with Gasteiger partial charge in [-0.1, -0.05) is 48.5 Å². The van der Waals surface area contributed by atoms with Gasteiger partial charge in [-0.2, -0.15) is 5.26 Å². The van der Waals surface area contributed by atoms with E-state index >= 15 is 0 Å². The summed E-state index contributed by atoms with van der Waals surface area (Å²) in [5.74, 6) is 0.114. The van der Waals surface area contributed by atoms with Crippen LogP contribution in [0.4, 0.5) is 0 Å². The van der Waals surface area contributed by atoms with Gasteiger partial charge in [0.15, 0.2) is 11.6 Å². The molecule has 0 unspecified atom stereocenters. The molecule has 1 aromatic heterocycles. The van der Waals surface area contributed by atoms with Crippen LogP contribution in [0.25, 0.3) is 16.6 Å². The summed E-state index contributed by atoms with van der Waals surface area (Å²) in [7, 11) is 0. The molecule has 5 heteroatoms. The molecule has 0 atom stereocenters. The average Bonchev–Trinajstić information content (AvgIpc) is 3.09. The minimum absolute atomic E-state index is 0.0736. The maximum absolute atomic E-state index is 13.4. The molecule has 3 aromatic carbocycles. The normalized spacial score (nSPS) is 10.6. The standard InChI is InChI=1S/C26H20N2O3/c1-18-25(26(30)19-8-4-2-5-9-19)23-16-22(31-17-21(29)14-15-27)12-13-24(23)28(18)20-10-6-3-7-11-20/h2-13,16H,14,17H2,1H3. The Morgan fingerprint density at radius 3 is 2.32 bits per heavy atom. The van der Waals surface area contributed by atoms with Gasteiger partial charge in [0.05, 0.1) is 23.6 Å². The number of carbonyl (C=O) groups is 2. The molecule has 0 aliphatic heterocycles. The number of benzene rings is 3. The molecule has 0 radical (unpaired) electrons. The molecule has 0 saturated carbocycles. The second-order valence-corrected chi connectivity index (χ2v) is 7.17. The third kappa shape index (κ3) is 3.96. The first-order valence-corrected chi connectivity index (χ1v) is 9.92. The number of rotatable bonds is 7. The number of carbonyl (C=O) groups excluding carboxylic acids is 2. The van der Waals surface area contributed by atoms with E-state index in [1.54, 1.807) is 24.3 Å². The molecular weight excluding hydrogens is 388 g/mol. The summed E-state index contributed by atoms with van der Waals surface area (Å²) in [4.78, 5) is 25.1. The smallest absolute Gasteiger partial charge is 0.195 e. The Bertz CT molecular complexity index is 1300.